The van der Waals surface area contributed by atoms with Crippen molar-refractivity contribution in [2.45, 2.75) is 58.8 Å². The van der Waals surface area contributed by atoms with Crippen LogP contribution >= 0.6 is 0 Å². The van der Waals surface area contributed by atoms with Crippen molar-refractivity contribution < 1.29 is 0 Å². The minimum Gasteiger partial charge on any atom is -0.303 e. The van der Waals surface area contributed by atoms with Crippen molar-refractivity contribution in [1.29, 1.82) is 0 Å². The molecule has 0 bridgehead atoms. The highest BCUT2D eigenvalue weighted by Crippen LogP contribution is 2.18. The molecule has 0 atom stereocenters. The Kier molecular flexibility index (Phi) is 6.25. The Hall–Kier alpha value is -0.0400. The fourth-order valence-electron chi connectivity index (χ4n) is 2.65. The number of nitrogens with zero attached hydrogens (tertiary/aromatic N) is 1. The lowest BCUT2D eigenvalue weighted by Gasteiger charge is -2.30. The molecule has 0 saturated carbocycles. The molecule has 1 nitrogen and oxygen atoms in total. The van der Waals surface area contributed by atoms with Crippen LogP contribution in [0, 0.1) is 5.92 Å². The number of piperidine rings is 1. The van der Waals surface area contributed by atoms with E-state index in [-0.39, 0.29) is 0 Å². The van der Waals surface area contributed by atoms with Crippen molar-refractivity contribution >= 4 is 0 Å². The summed E-state index contributed by atoms with van der Waals surface area (Å²) in [6, 6.07) is 0. The number of hydrogen-bond acceptors (Lipinski definition) is 1. The molecule has 14 heavy (non-hydrogen) atoms. The van der Waals surface area contributed by atoms with Gasteiger partial charge >= 0.3 is 0 Å². The molecule has 1 heteroatoms. The molecule has 0 aromatic carbocycles. The van der Waals surface area contributed by atoms with E-state index in [1.165, 1.54) is 64.6 Å². The summed E-state index contributed by atoms with van der Waals surface area (Å²) in [4.78, 5) is 2.69. The van der Waals surface area contributed by atoms with Gasteiger partial charge in [0.1, 0.15) is 0 Å². The van der Waals surface area contributed by atoms with Crippen LogP contribution in [0.3, 0.4) is 0 Å². The van der Waals surface area contributed by atoms with Gasteiger partial charge in [-0.25, -0.2) is 0 Å². The van der Waals surface area contributed by atoms with Crippen LogP contribution in [-0.4, -0.2) is 24.5 Å². The van der Waals surface area contributed by atoms with Gasteiger partial charge in [-0.1, -0.05) is 33.1 Å². The first-order valence-electron chi connectivity index (χ1n) is 6.59. The standard InChI is InChI=1S/C13H27N/c1-3-8-13(9-4-2)12-14-10-6-5-7-11-14/h13H,3-12H2,1-2H3. The second-order valence-corrected chi connectivity index (χ2v) is 4.80. The van der Waals surface area contributed by atoms with Gasteiger partial charge in [-0.2, -0.15) is 0 Å². The van der Waals surface area contributed by atoms with E-state index in [9.17, 15) is 0 Å². The Bertz CT molecular complexity index is 121. The highest BCUT2D eigenvalue weighted by Gasteiger charge is 2.14. The van der Waals surface area contributed by atoms with Gasteiger partial charge in [0, 0.05) is 6.54 Å². The van der Waals surface area contributed by atoms with Crippen LogP contribution in [0.15, 0.2) is 0 Å². The zero-order valence-electron chi connectivity index (χ0n) is 10.1. The Morgan fingerprint density at radius 3 is 2.00 bits per heavy atom. The molecule has 0 aromatic rings. The van der Waals surface area contributed by atoms with Gasteiger partial charge in [0.25, 0.3) is 0 Å². The van der Waals surface area contributed by atoms with Crippen LogP contribution in [0.2, 0.25) is 0 Å². The average Bonchev–Trinajstić information content (AvgIpc) is 2.20. The maximum Gasteiger partial charge on any atom is 0.000965 e. The Morgan fingerprint density at radius 2 is 1.50 bits per heavy atom. The number of rotatable bonds is 6. The molecule has 0 aliphatic carbocycles. The molecule has 0 aromatic heterocycles. The minimum absolute atomic E-state index is 0.975. The summed E-state index contributed by atoms with van der Waals surface area (Å²) < 4.78 is 0. The van der Waals surface area contributed by atoms with E-state index in [0.717, 1.165) is 5.92 Å². The molecule has 1 saturated heterocycles. The first-order chi connectivity index (χ1) is 6.86. The Morgan fingerprint density at radius 1 is 0.929 bits per heavy atom. The predicted molar refractivity (Wildman–Crippen MR) is 63.6 cm³/mol. The number of hydrogen-bond donors (Lipinski definition) is 0. The molecule has 84 valence electrons. The summed E-state index contributed by atoms with van der Waals surface area (Å²) >= 11 is 0. The maximum atomic E-state index is 2.69. The van der Waals surface area contributed by atoms with E-state index in [4.69, 9.17) is 0 Å². The van der Waals surface area contributed by atoms with Crippen molar-refractivity contribution in [1.82, 2.24) is 4.90 Å². The smallest absolute Gasteiger partial charge is 0.000965 e. The summed E-state index contributed by atoms with van der Waals surface area (Å²) in [6.07, 6.45) is 9.92. The highest BCUT2D eigenvalue weighted by molar-refractivity contribution is 4.69. The monoisotopic (exact) mass is 197 g/mol. The van der Waals surface area contributed by atoms with Crippen LogP contribution in [0.4, 0.5) is 0 Å². The molecule has 0 spiro atoms. The molecule has 1 rings (SSSR count). The Balaban J connectivity index is 2.21. The largest absolute Gasteiger partial charge is 0.303 e. The number of likely N-dealkylation sites (tertiary alicyclic amines) is 1. The van der Waals surface area contributed by atoms with E-state index in [2.05, 4.69) is 18.7 Å². The van der Waals surface area contributed by atoms with Crippen LogP contribution in [0.25, 0.3) is 0 Å². The van der Waals surface area contributed by atoms with Crippen LogP contribution in [0.1, 0.15) is 58.8 Å². The third kappa shape index (κ3) is 4.45. The van der Waals surface area contributed by atoms with Crippen LogP contribution in [-0.2, 0) is 0 Å². The van der Waals surface area contributed by atoms with Gasteiger partial charge in [-0.15, -0.1) is 0 Å². The SMILES string of the molecule is CCCC(CCC)CN1CCCCC1. The molecular formula is C13H27N. The normalized spacial score (nSPS) is 19.1. The summed E-state index contributed by atoms with van der Waals surface area (Å²) in [6.45, 7) is 8.74. The van der Waals surface area contributed by atoms with Gasteiger partial charge in [-0.05, 0) is 44.7 Å². The molecule has 0 amide bonds. The van der Waals surface area contributed by atoms with Gasteiger partial charge in [0.15, 0.2) is 0 Å². The first kappa shape index (κ1) is 12.0. The van der Waals surface area contributed by atoms with Crippen LogP contribution < -0.4 is 0 Å². The molecule has 1 fully saturated rings. The zero-order chi connectivity index (χ0) is 10.2. The molecule has 1 aliphatic rings. The van der Waals surface area contributed by atoms with E-state index < -0.39 is 0 Å². The maximum absolute atomic E-state index is 2.69. The lowest BCUT2D eigenvalue weighted by Crippen LogP contribution is -2.34. The topological polar surface area (TPSA) is 3.24 Å². The summed E-state index contributed by atoms with van der Waals surface area (Å²) in [5.74, 6) is 0.975. The second kappa shape index (κ2) is 7.28. The lowest BCUT2D eigenvalue weighted by molar-refractivity contribution is 0.185. The van der Waals surface area contributed by atoms with Crippen molar-refractivity contribution in [3.63, 3.8) is 0 Å². The van der Waals surface area contributed by atoms with Gasteiger partial charge in [0.05, 0.1) is 0 Å². The quantitative estimate of drug-likeness (QED) is 0.628. The molecule has 0 unspecified atom stereocenters. The first-order valence-corrected chi connectivity index (χ1v) is 6.59. The second-order valence-electron chi connectivity index (χ2n) is 4.80. The van der Waals surface area contributed by atoms with Gasteiger partial charge in [-0.3, -0.25) is 0 Å². The molecule has 0 N–H and O–H groups in total. The van der Waals surface area contributed by atoms with Gasteiger partial charge in [0.2, 0.25) is 0 Å². The molecule has 1 heterocycles. The van der Waals surface area contributed by atoms with Crippen molar-refractivity contribution in [2.75, 3.05) is 19.6 Å². The van der Waals surface area contributed by atoms with Crippen molar-refractivity contribution in [2.24, 2.45) is 5.92 Å². The van der Waals surface area contributed by atoms with E-state index in [0.29, 0.717) is 0 Å². The van der Waals surface area contributed by atoms with Crippen LogP contribution in [0.5, 0.6) is 0 Å². The molecular weight excluding hydrogens is 170 g/mol. The lowest BCUT2D eigenvalue weighted by atomic mass is 9.97. The molecule has 1 aliphatic heterocycles. The summed E-state index contributed by atoms with van der Waals surface area (Å²) in [5, 5.41) is 0. The molecule has 0 radical (unpaired) electrons. The van der Waals surface area contributed by atoms with Crippen molar-refractivity contribution in [3.8, 4) is 0 Å². The van der Waals surface area contributed by atoms with E-state index >= 15 is 0 Å². The fourth-order valence-corrected chi connectivity index (χ4v) is 2.65. The minimum atomic E-state index is 0.975. The Labute approximate surface area is 89.9 Å². The third-order valence-electron chi connectivity index (χ3n) is 3.36. The summed E-state index contributed by atoms with van der Waals surface area (Å²) in [7, 11) is 0. The fraction of sp³-hybridized carbons (Fsp3) is 1.00. The van der Waals surface area contributed by atoms with E-state index in [1.54, 1.807) is 0 Å². The van der Waals surface area contributed by atoms with Crippen molar-refractivity contribution in [3.05, 3.63) is 0 Å². The van der Waals surface area contributed by atoms with E-state index in [1.807, 2.05) is 0 Å². The summed E-state index contributed by atoms with van der Waals surface area (Å²) in [5.41, 5.74) is 0. The average molecular weight is 197 g/mol. The van der Waals surface area contributed by atoms with Gasteiger partial charge < -0.3 is 4.90 Å². The zero-order valence-corrected chi connectivity index (χ0v) is 10.1. The predicted octanol–water partition coefficient (Wildman–Crippen LogP) is 3.69. The highest BCUT2D eigenvalue weighted by atomic mass is 15.1. The third-order valence-corrected chi connectivity index (χ3v) is 3.36.